The number of methoxy groups -OCH3 is 1. The normalized spacial score (nSPS) is 11.1. The SMILES string of the molecule is COc1ccccc1CCn1cnc(-c2cccc(Br)c2)c1C(C)C. The summed E-state index contributed by atoms with van der Waals surface area (Å²) in [6, 6.07) is 16.5. The lowest BCUT2D eigenvalue weighted by atomic mass is 10.0. The van der Waals surface area contributed by atoms with Crippen LogP contribution in [0.1, 0.15) is 31.0 Å². The molecule has 0 spiro atoms. The molecule has 0 amide bonds. The van der Waals surface area contributed by atoms with Crippen LogP contribution in [0.25, 0.3) is 11.3 Å². The Bertz CT molecular complexity index is 855. The number of aromatic nitrogens is 2. The van der Waals surface area contributed by atoms with Gasteiger partial charge in [-0.25, -0.2) is 4.98 Å². The molecule has 25 heavy (non-hydrogen) atoms. The van der Waals surface area contributed by atoms with Crippen LogP contribution in [0.5, 0.6) is 5.75 Å². The topological polar surface area (TPSA) is 27.1 Å². The van der Waals surface area contributed by atoms with E-state index in [1.54, 1.807) is 7.11 Å². The smallest absolute Gasteiger partial charge is 0.122 e. The van der Waals surface area contributed by atoms with E-state index < -0.39 is 0 Å². The van der Waals surface area contributed by atoms with Gasteiger partial charge in [0, 0.05) is 22.3 Å². The molecule has 4 heteroatoms. The van der Waals surface area contributed by atoms with Crippen molar-refractivity contribution in [1.29, 1.82) is 0 Å². The van der Waals surface area contributed by atoms with Gasteiger partial charge in [-0.1, -0.05) is 60.1 Å². The molecule has 3 aromatic rings. The summed E-state index contributed by atoms with van der Waals surface area (Å²) >= 11 is 3.56. The van der Waals surface area contributed by atoms with Crippen molar-refractivity contribution in [3.63, 3.8) is 0 Å². The summed E-state index contributed by atoms with van der Waals surface area (Å²) in [5.41, 5.74) is 4.70. The first kappa shape index (κ1) is 17.7. The molecule has 0 aliphatic heterocycles. The molecule has 0 radical (unpaired) electrons. The van der Waals surface area contributed by atoms with E-state index in [-0.39, 0.29) is 0 Å². The molecule has 0 atom stereocenters. The van der Waals surface area contributed by atoms with Gasteiger partial charge in [0.2, 0.25) is 0 Å². The van der Waals surface area contributed by atoms with Crippen molar-refractivity contribution in [2.75, 3.05) is 7.11 Å². The summed E-state index contributed by atoms with van der Waals surface area (Å²) in [4.78, 5) is 4.71. The van der Waals surface area contributed by atoms with Gasteiger partial charge in [-0.05, 0) is 36.1 Å². The van der Waals surface area contributed by atoms with Crippen LogP contribution in [0.2, 0.25) is 0 Å². The molecule has 3 rings (SSSR count). The van der Waals surface area contributed by atoms with Gasteiger partial charge in [0.05, 0.1) is 19.1 Å². The van der Waals surface area contributed by atoms with Gasteiger partial charge >= 0.3 is 0 Å². The van der Waals surface area contributed by atoms with Crippen LogP contribution in [0, 0.1) is 0 Å². The first-order valence-electron chi connectivity index (χ1n) is 8.53. The highest BCUT2D eigenvalue weighted by Gasteiger charge is 2.16. The molecule has 0 fully saturated rings. The number of benzene rings is 2. The van der Waals surface area contributed by atoms with Crippen molar-refractivity contribution in [1.82, 2.24) is 9.55 Å². The molecular weight excluding hydrogens is 376 g/mol. The zero-order chi connectivity index (χ0) is 17.8. The fraction of sp³-hybridized carbons (Fsp3) is 0.286. The number of hydrogen-bond acceptors (Lipinski definition) is 2. The second kappa shape index (κ2) is 7.87. The molecular formula is C21H23BrN2O. The summed E-state index contributed by atoms with van der Waals surface area (Å²) < 4.78 is 8.81. The molecule has 0 aliphatic rings. The predicted octanol–water partition coefficient (Wildman–Crippen LogP) is 5.69. The molecule has 2 aromatic carbocycles. The molecule has 0 N–H and O–H groups in total. The fourth-order valence-corrected chi connectivity index (χ4v) is 3.58. The molecule has 0 saturated carbocycles. The van der Waals surface area contributed by atoms with Gasteiger partial charge in [-0.3, -0.25) is 0 Å². The van der Waals surface area contributed by atoms with Crippen molar-refractivity contribution in [3.8, 4) is 17.0 Å². The summed E-state index contributed by atoms with van der Waals surface area (Å²) in [5.74, 6) is 1.34. The van der Waals surface area contributed by atoms with Crippen LogP contribution in [-0.4, -0.2) is 16.7 Å². The van der Waals surface area contributed by atoms with Crippen LogP contribution in [0.3, 0.4) is 0 Å². The van der Waals surface area contributed by atoms with Gasteiger partial charge in [0.15, 0.2) is 0 Å². The van der Waals surface area contributed by atoms with E-state index in [1.807, 2.05) is 24.5 Å². The highest BCUT2D eigenvalue weighted by molar-refractivity contribution is 9.10. The van der Waals surface area contributed by atoms with E-state index in [1.165, 1.54) is 11.3 Å². The van der Waals surface area contributed by atoms with Crippen molar-refractivity contribution >= 4 is 15.9 Å². The maximum absolute atomic E-state index is 5.47. The summed E-state index contributed by atoms with van der Waals surface area (Å²) in [7, 11) is 1.72. The lowest BCUT2D eigenvalue weighted by Crippen LogP contribution is -2.07. The molecule has 0 saturated heterocycles. The second-order valence-electron chi connectivity index (χ2n) is 6.40. The Balaban J connectivity index is 1.90. The average Bonchev–Trinajstić information content (AvgIpc) is 3.04. The zero-order valence-electron chi connectivity index (χ0n) is 14.9. The van der Waals surface area contributed by atoms with Crippen LogP contribution >= 0.6 is 15.9 Å². The maximum Gasteiger partial charge on any atom is 0.122 e. The Morgan fingerprint density at radius 3 is 2.64 bits per heavy atom. The van der Waals surface area contributed by atoms with E-state index in [4.69, 9.17) is 9.72 Å². The van der Waals surface area contributed by atoms with Crippen molar-refractivity contribution in [3.05, 3.63) is 70.6 Å². The van der Waals surface area contributed by atoms with E-state index in [2.05, 4.69) is 64.7 Å². The van der Waals surface area contributed by atoms with Crippen LogP contribution in [-0.2, 0) is 13.0 Å². The van der Waals surface area contributed by atoms with E-state index in [0.717, 1.165) is 34.4 Å². The Hall–Kier alpha value is -2.07. The third kappa shape index (κ3) is 3.96. The lowest BCUT2D eigenvalue weighted by Gasteiger charge is -2.14. The maximum atomic E-state index is 5.47. The number of nitrogens with zero attached hydrogens (tertiary/aromatic N) is 2. The predicted molar refractivity (Wildman–Crippen MR) is 106 cm³/mol. The fourth-order valence-electron chi connectivity index (χ4n) is 3.18. The van der Waals surface area contributed by atoms with E-state index >= 15 is 0 Å². The second-order valence-corrected chi connectivity index (χ2v) is 7.31. The lowest BCUT2D eigenvalue weighted by molar-refractivity contribution is 0.408. The van der Waals surface area contributed by atoms with Crippen LogP contribution in [0.4, 0.5) is 0 Å². The molecule has 1 aromatic heterocycles. The molecule has 0 bridgehead atoms. The van der Waals surface area contributed by atoms with Crippen LogP contribution < -0.4 is 4.74 Å². The zero-order valence-corrected chi connectivity index (χ0v) is 16.5. The monoisotopic (exact) mass is 398 g/mol. The number of aryl methyl sites for hydroxylation is 2. The van der Waals surface area contributed by atoms with Crippen molar-refractivity contribution < 1.29 is 4.74 Å². The van der Waals surface area contributed by atoms with Crippen molar-refractivity contribution in [2.45, 2.75) is 32.7 Å². The third-order valence-corrected chi connectivity index (χ3v) is 4.83. The Morgan fingerprint density at radius 1 is 1.12 bits per heavy atom. The highest BCUT2D eigenvalue weighted by Crippen LogP contribution is 2.30. The van der Waals surface area contributed by atoms with Gasteiger partial charge in [0.25, 0.3) is 0 Å². The molecule has 130 valence electrons. The standard InChI is InChI=1S/C21H23BrN2O/c1-15(2)21-20(17-8-6-9-18(22)13-17)23-14-24(21)12-11-16-7-4-5-10-19(16)25-3/h4-10,13-15H,11-12H2,1-3H3. The quantitative estimate of drug-likeness (QED) is 0.533. The first-order chi connectivity index (χ1) is 12.1. The summed E-state index contributed by atoms with van der Waals surface area (Å²) in [6.07, 6.45) is 2.87. The minimum Gasteiger partial charge on any atom is -0.496 e. The Morgan fingerprint density at radius 2 is 1.92 bits per heavy atom. The summed E-state index contributed by atoms with van der Waals surface area (Å²) in [5, 5.41) is 0. The average molecular weight is 399 g/mol. The minimum absolute atomic E-state index is 0.397. The van der Waals surface area contributed by atoms with E-state index in [9.17, 15) is 0 Å². The Labute approximate surface area is 157 Å². The minimum atomic E-state index is 0.397. The molecule has 0 unspecified atom stereocenters. The number of hydrogen-bond donors (Lipinski definition) is 0. The van der Waals surface area contributed by atoms with Gasteiger partial charge in [-0.15, -0.1) is 0 Å². The van der Waals surface area contributed by atoms with E-state index in [0.29, 0.717) is 5.92 Å². The number of imidazole rings is 1. The van der Waals surface area contributed by atoms with Gasteiger partial charge in [0.1, 0.15) is 5.75 Å². The summed E-state index contributed by atoms with van der Waals surface area (Å²) in [6.45, 7) is 5.32. The number of ether oxygens (including phenoxy) is 1. The van der Waals surface area contributed by atoms with Crippen molar-refractivity contribution in [2.24, 2.45) is 0 Å². The highest BCUT2D eigenvalue weighted by atomic mass is 79.9. The number of rotatable bonds is 6. The third-order valence-electron chi connectivity index (χ3n) is 4.34. The number of halogens is 1. The Kier molecular flexibility index (Phi) is 5.59. The van der Waals surface area contributed by atoms with Crippen LogP contribution in [0.15, 0.2) is 59.3 Å². The van der Waals surface area contributed by atoms with Gasteiger partial charge in [-0.2, -0.15) is 0 Å². The molecule has 3 nitrogen and oxygen atoms in total. The molecule has 1 heterocycles. The first-order valence-corrected chi connectivity index (χ1v) is 9.32. The van der Waals surface area contributed by atoms with Gasteiger partial charge < -0.3 is 9.30 Å². The molecule has 0 aliphatic carbocycles. The number of para-hydroxylation sites is 1. The largest absolute Gasteiger partial charge is 0.496 e.